The normalized spacial score (nSPS) is 31.1. The zero-order valence-electron chi connectivity index (χ0n) is 16.4. The summed E-state index contributed by atoms with van der Waals surface area (Å²) >= 11 is 0. The fourth-order valence-corrected chi connectivity index (χ4v) is 5.27. The molecule has 3 rings (SSSR count). The molecule has 0 radical (unpaired) electrons. The van der Waals surface area contributed by atoms with E-state index in [0.717, 1.165) is 29.6 Å². The summed E-state index contributed by atoms with van der Waals surface area (Å²) in [6, 6.07) is 9.30. The monoisotopic (exact) mass is 324 g/mol. The van der Waals surface area contributed by atoms with Gasteiger partial charge in [0.05, 0.1) is 0 Å². The molecular formula is C24H36. The molecule has 4 atom stereocenters. The van der Waals surface area contributed by atoms with Gasteiger partial charge in [0.25, 0.3) is 0 Å². The van der Waals surface area contributed by atoms with Gasteiger partial charge in [-0.3, -0.25) is 0 Å². The summed E-state index contributed by atoms with van der Waals surface area (Å²) in [5.41, 5.74) is 6.81. The zero-order chi connectivity index (χ0) is 17.3. The van der Waals surface area contributed by atoms with Gasteiger partial charge in [0.2, 0.25) is 0 Å². The highest BCUT2D eigenvalue weighted by molar-refractivity contribution is 5.34. The van der Waals surface area contributed by atoms with Gasteiger partial charge in [-0.2, -0.15) is 0 Å². The fourth-order valence-electron chi connectivity index (χ4n) is 5.27. The van der Waals surface area contributed by atoms with Gasteiger partial charge >= 0.3 is 0 Å². The van der Waals surface area contributed by atoms with Crippen LogP contribution in [0.4, 0.5) is 0 Å². The molecule has 132 valence electrons. The minimum Gasteiger partial charge on any atom is -0.0710 e. The van der Waals surface area contributed by atoms with Crippen molar-refractivity contribution in [2.45, 2.75) is 79.1 Å². The Balaban J connectivity index is 1.96. The van der Waals surface area contributed by atoms with Crippen LogP contribution in [0.25, 0.3) is 0 Å². The Labute approximate surface area is 149 Å². The Hall–Kier alpha value is -1.04. The number of hydrogen-bond acceptors (Lipinski definition) is 0. The van der Waals surface area contributed by atoms with Gasteiger partial charge in [0.15, 0.2) is 0 Å². The molecule has 2 aliphatic carbocycles. The molecule has 1 aromatic carbocycles. The van der Waals surface area contributed by atoms with Crippen LogP contribution in [-0.2, 0) is 6.42 Å². The quantitative estimate of drug-likeness (QED) is 0.409. The maximum absolute atomic E-state index is 2.50. The van der Waals surface area contributed by atoms with Gasteiger partial charge in [-0.1, -0.05) is 63.1 Å². The van der Waals surface area contributed by atoms with Crippen LogP contribution in [0.1, 0.15) is 83.8 Å². The Morgan fingerprint density at radius 3 is 2.54 bits per heavy atom. The lowest BCUT2D eigenvalue weighted by Gasteiger charge is -2.37. The number of fused-ring (bicyclic) bond motifs is 1. The van der Waals surface area contributed by atoms with E-state index < -0.39 is 0 Å². The second-order valence-corrected chi connectivity index (χ2v) is 8.92. The Bertz CT molecular complexity index is 592. The third-order valence-corrected chi connectivity index (χ3v) is 7.10. The van der Waals surface area contributed by atoms with Crippen molar-refractivity contribution in [3.63, 3.8) is 0 Å². The van der Waals surface area contributed by atoms with E-state index in [0.29, 0.717) is 0 Å². The fraction of sp³-hybridized carbons (Fsp3) is 0.667. The lowest BCUT2D eigenvalue weighted by Crippen LogP contribution is -2.24. The minimum atomic E-state index is 0.722. The summed E-state index contributed by atoms with van der Waals surface area (Å²) in [5, 5.41) is 0. The van der Waals surface area contributed by atoms with Gasteiger partial charge in [-0.15, -0.1) is 0 Å². The van der Waals surface area contributed by atoms with E-state index in [4.69, 9.17) is 0 Å². The van der Waals surface area contributed by atoms with E-state index in [2.05, 4.69) is 58.9 Å². The van der Waals surface area contributed by atoms with E-state index in [1.54, 1.807) is 16.7 Å². The first-order chi connectivity index (χ1) is 11.5. The number of hydrogen-bond donors (Lipinski definition) is 0. The van der Waals surface area contributed by atoms with Crippen LogP contribution in [0.5, 0.6) is 0 Å². The highest BCUT2D eigenvalue weighted by Crippen LogP contribution is 2.46. The molecule has 3 unspecified atom stereocenters. The molecule has 0 N–H and O–H groups in total. The van der Waals surface area contributed by atoms with Crippen molar-refractivity contribution in [3.05, 3.63) is 46.5 Å². The number of rotatable bonds is 3. The molecule has 0 bridgehead atoms. The van der Waals surface area contributed by atoms with Gasteiger partial charge < -0.3 is 0 Å². The molecule has 0 fully saturated rings. The summed E-state index contributed by atoms with van der Waals surface area (Å²) < 4.78 is 0. The molecule has 24 heavy (non-hydrogen) atoms. The van der Waals surface area contributed by atoms with Crippen LogP contribution in [0.3, 0.4) is 0 Å². The maximum Gasteiger partial charge on any atom is -0.00961 e. The van der Waals surface area contributed by atoms with Crippen molar-refractivity contribution < 1.29 is 0 Å². The second-order valence-electron chi connectivity index (χ2n) is 8.92. The van der Waals surface area contributed by atoms with E-state index in [9.17, 15) is 0 Å². The van der Waals surface area contributed by atoms with Crippen LogP contribution >= 0.6 is 0 Å². The summed E-state index contributed by atoms with van der Waals surface area (Å²) in [5.74, 6) is 3.90. The van der Waals surface area contributed by atoms with Crippen molar-refractivity contribution in [1.82, 2.24) is 0 Å². The maximum atomic E-state index is 2.50. The molecule has 2 aliphatic rings. The van der Waals surface area contributed by atoms with Gasteiger partial charge in [0, 0.05) is 0 Å². The van der Waals surface area contributed by atoms with Crippen molar-refractivity contribution in [1.29, 1.82) is 0 Å². The lowest BCUT2D eigenvalue weighted by molar-refractivity contribution is 0.322. The van der Waals surface area contributed by atoms with Gasteiger partial charge in [-0.05, 0) is 86.2 Å². The van der Waals surface area contributed by atoms with Crippen molar-refractivity contribution in [2.75, 3.05) is 0 Å². The highest BCUT2D eigenvalue weighted by Gasteiger charge is 2.32. The van der Waals surface area contributed by atoms with Gasteiger partial charge in [-0.25, -0.2) is 0 Å². The highest BCUT2D eigenvalue weighted by atomic mass is 14.4. The molecular weight excluding hydrogens is 288 g/mol. The van der Waals surface area contributed by atoms with Crippen molar-refractivity contribution >= 4 is 0 Å². The molecule has 0 saturated heterocycles. The third-order valence-electron chi connectivity index (χ3n) is 7.10. The summed E-state index contributed by atoms with van der Waals surface area (Å²) in [6.07, 6.45) is 8.10. The minimum absolute atomic E-state index is 0.722. The van der Waals surface area contributed by atoms with Crippen molar-refractivity contribution in [2.24, 2.45) is 23.7 Å². The SMILES string of the molecule is CC1=C(CC2c3ccccc3CCCC2C)C(C(C)C)CC[C@H]1C. The molecule has 0 amide bonds. The molecule has 0 heteroatoms. The average molecular weight is 325 g/mol. The first-order valence-corrected chi connectivity index (χ1v) is 10.3. The number of allylic oxidation sites excluding steroid dienone is 2. The molecule has 0 aliphatic heterocycles. The number of aryl methyl sites for hydroxylation is 1. The zero-order valence-corrected chi connectivity index (χ0v) is 16.4. The van der Waals surface area contributed by atoms with Crippen LogP contribution in [-0.4, -0.2) is 0 Å². The standard InChI is InChI=1S/C24H36/c1-16(2)21-14-13-17(3)19(5)24(21)15-23-18(4)9-8-11-20-10-6-7-12-22(20)23/h6-7,10,12,16-18,21,23H,8-9,11,13-15H2,1-5H3/t17-,18?,21?,23?/m1/s1. The molecule has 0 aromatic heterocycles. The average Bonchev–Trinajstić information content (AvgIpc) is 2.71. The predicted octanol–water partition coefficient (Wildman–Crippen LogP) is 7.15. The predicted molar refractivity (Wildman–Crippen MR) is 105 cm³/mol. The van der Waals surface area contributed by atoms with E-state index in [1.807, 2.05) is 5.57 Å². The topological polar surface area (TPSA) is 0 Å². The van der Waals surface area contributed by atoms with Crippen LogP contribution < -0.4 is 0 Å². The summed E-state index contributed by atoms with van der Waals surface area (Å²) in [7, 11) is 0. The first-order valence-electron chi connectivity index (χ1n) is 10.3. The molecule has 0 nitrogen and oxygen atoms in total. The van der Waals surface area contributed by atoms with Gasteiger partial charge in [0.1, 0.15) is 0 Å². The van der Waals surface area contributed by atoms with Crippen LogP contribution in [0.2, 0.25) is 0 Å². The van der Waals surface area contributed by atoms with Crippen molar-refractivity contribution in [3.8, 4) is 0 Å². The Morgan fingerprint density at radius 1 is 1.04 bits per heavy atom. The Kier molecular flexibility index (Phi) is 5.52. The first kappa shape index (κ1) is 17.8. The Morgan fingerprint density at radius 2 is 1.79 bits per heavy atom. The summed E-state index contributed by atoms with van der Waals surface area (Å²) in [4.78, 5) is 0. The smallest absolute Gasteiger partial charge is 0.00961 e. The second kappa shape index (κ2) is 7.46. The van der Waals surface area contributed by atoms with Crippen LogP contribution in [0.15, 0.2) is 35.4 Å². The third kappa shape index (κ3) is 3.48. The summed E-state index contributed by atoms with van der Waals surface area (Å²) in [6.45, 7) is 12.2. The van der Waals surface area contributed by atoms with E-state index >= 15 is 0 Å². The lowest BCUT2D eigenvalue weighted by atomic mass is 9.68. The molecule has 0 spiro atoms. The number of benzene rings is 1. The molecule has 0 heterocycles. The van der Waals surface area contributed by atoms with E-state index in [-0.39, 0.29) is 0 Å². The van der Waals surface area contributed by atoms with Crippen LogP contribution in [0, 0.1) is 23.7 Å². The molecule has 1 aromatic rings. The van der Waals surface area contributed by atoms with E-state index in [1.165, 1.54) is 38.5 Å². The largest absolute Gasteiger partial charge is 0.0710 e. The molecule has 0 saturated carbocycles.